The molecule has 0 saturated heterocycles. The maximum atomic E-state index is 12.8. The number of halogens is 2. The van der Waals surface area contributed by atoms with Crippen LogP contribution in [-0.2, 0) is 0 Å². The summed E-state index contributed by atoms with van der Waals surface area (Å²) in [6.45, 7) is 0.574. The van der Waals surface area contributed by atoms with Crippen molar-refractivity contribution >= 4 is 21.8 Å². The van der Waals surface area contributed by atoms with Crippen LogP contribution in [0, 0.1) is 18.2 Å². The number of hydrogen-bond acceptors (Lipinski definition) is 1. The average Bonchev–Trinajstić information content (AvgIpc) is 2.28. The SMILES string of the molecule is C#CCCCCNC(=O)c1ccc(F)cc1Br. The van der Waals surface area contributed by atoms with Gasteiger partial charge in [0.25, 0.3) is 5.91 Å². The fraction of sp³-hybridized carbons (Fsp3) is 0.308. The lowest BCUT2D eigenvalue weighted by atomic mass is 10.2. The van der Waals surface area contributed by atoms with Gasteiger partial charge in [-0.1, -0.05) is 0 Å². The fourth-order valence-electron chi connectivity index (χ4n) is 1.32. The second-order valence-corrected chi connectivity index (χ2v) is 4.40. The highest BCUT2D eigenvalue weighted by molar-refractivity contribution is 9.10. The lowest BCUT2D eigenvalue weighted by molar-refractivity contribution is 0.0952. The van der Waals surface area contributed by atoms with Crippen molar-refractivity contribution in [3.63, 3.8) is 0 Å². The number of amides is 1. The van der Waals surface area contributed by atoms with Crippen LogP contribution in [0.3, 0.4) is 0 Å². The van der Waals surface area contributed by atoms with Crippen LogP contribution in [0.4, 0.5) is 4.39 Å². The van der Waals surface area contributed by atoms with Crippen LogP contribution in [0.2, 0.25) is 0 Å². The first kappa shape index (κ1) is 13.7. The van der Waals surface area contributed by atoms with E-state index in [1.807, 2.05) is 0 Å². The number of unbranched alkanes of at least 4 members (excludes halogenated alkanes) is 2. The summed E-state index contributed by atoms with van der Waals surface area (Å²) in [4.78, 5) is 11.7. The molecule has 1 rings (SSSR count). The summed E-state index contributed by atoms with van der Waals surface area (Å²) in [6.07, 6.45) is 7.57. The first-order valence-electron chi connectivity index (χ1n) is 5.32. The van der Waals surface area contributed by atoms with E-state index in [2.05, 4.69) is 27.2 Å². The molecule has 0 aliphatic rings. The highest BCUT2D eigenvalue weighted by atomic mass is 79.9. The standard InChI is InChI=1S/C13H13BrFNO/c1-2-3-4-5-8-16-13(17)11-7-6-10(15)9-12(11)14/h1,6-7,9H,3-5,8H2,(H,16,17). The van der Waals surface area contributed by atoms with E-state index in [1.54, 1.807) is 0 Å². The first-order chi connectivity index (χ1) is 8.15. The lowest BCUT2D eigenvalue weighted by Crippen LogP contribution is -2.24. The Kier molecular flexibility index (Phi) is 5.71. The van der Waals surface area contributed by atoms with Gasteiger partial charge >= 0.3 is 0 Å². The minimum Gasteiger partial charge on any atom is -0.352 e. The Bertz CT molecular complexity index is 440. The van der Waals surface area contributed by atoms with Gasteiger partial charge in [0, 0.05) is 17.4 Å². The largest absolute Gasteiger partial charge is 0.352 e. The summed E-state index contributed by atoms with van der Waals surface area (Å²) < 4.78 is 13.3. The van der Waals surface area contributed by atoms with Crippen LogP contribution < -0.4 is 5.32 Å². The molecule has 0 bridgehead atoms. The van der Waals surface area contributed by atoms with Crippen molar-refractivity contribution in [2.75, 3.05) is 6.54 Å². The molecule has 1 N–H and O–H groups in total. The first-order valence-corrected chi connectivity index (χ1v) is 6.11. The molecular weight excluding hydrogens is 285 g/mol. The highest BCUT2D eigenvalue weighted by Gasteiger charge is 2.09. The van der Waals surface area contributed by atoms with Crippen molar-refractivity contribution in [1.82, 2.24) is 5.32 Å². The maximum Gasteiger partial charge on any atom is 0.252 e. The Morgan fingerprint density at radius 3 is 2.88 bits per heavy atom. The number of terminal acetylenes is 1. The molecule has 1 aromatic rings. The smallest absolute Gasteiger partial charge is 0.252 e. The molecule has 1 aromatic carbocycles. The molecule has 2 nitrogen and oxygen atoms in total. The zero-order valence-corrected chi connectivity index (χ0v) is 10.9. The van der Waals surface area contributed by atoms with E-state index in [1.165, 1.54) is 18.2 Å². The van der Waals surface area contributed by atoms with Gasteiger partial charge in [-0.25, -0.2) is 4.39 Å². The summed E-state index contributed by atoms with van der Waals surface area (Å²) in [5, 5.41) is 2.76. The van der Waals surface area contributed by atoms with Gasteiger partial charge in [-0.05, 0) is 47.0 Å². The fourth-order valence-corrected chi connectivity index (χ4v) is 1.85. The molecule has 0 aliphatic heterocycles. The molecule has 0 aromatic heterocycles. The third-order valence-electron chi connectivity index (χ3n) is 2.21. The molecule has 0 spiro atoms. The summed E-state index contributed by atoms with van der Waals surface area (Å²) >= 11 is 3.15. The maximum absolute atomic E-state index is 12.8. The third-order valence-corrected chi connectivity index (χ3v) is 2.87. The van der Waals surface area contributed by atoms with Crippen molar-refractivity contribution < 1.29 is 9.18 Å². The number of carbonyl (C=O) groups excluding carboxylic acids is 1. The molecule has 1 amide bonds. The molecule has 0 radical (unpaired) electrons. The van der Waals surface area contributed by atoms with E-state index in [9.17, 15) is 9.18 Å². The van der Waals surface area contributed by atoms with Crippen LogP contribution >= 0.6 is 15.9 Å². The van der Waals surface area contributed by atoms with Gasteiger partial charge in [0.2, 0.25) is 0 Å². The van der Waals surface area contributed by atoms with E-state index in [0.717, 1.165) is 19.3 Å². The minimum atomic E-state index is -0.373. The quantitative estimate of drug-likeness (QED) is 0.657. The van der Waals surface area contributed by atoms with Crippen LogP contribution in [0.15, 0.2) is 22.7 Å². The summed E-state index contributed by atoms with van der Waals surface area (Å²) in [5.41, 5.74) is 0.434. The van der Waals surface area contributed by atoms with Crippen molar-refractivity contribution in [2.45, 2.75) is 19.3 Å². The van der Waals surface area contributed by atoms with E-state index >= 15 is 0 Å². The van der Waals surface area contributed by atoms with Gasteiger partial charge in [0.1, 0.15) is 5.82 Å². The third kappa shape index (κ3) is 4.58. The van der Waals surface area contributed by atoms with Gasteiger partial charge in [-0.15, -0.1) is 12.3 Å². The molecule has 17 heavy (non-hydrogen) atoms. The Balaban J connectivity index is 2.45. The van der Waals surface area contributed by atoms with Crippen LogP contribution in [0.1, 0.15) is 29.6 Å². The van der Waals surface area contributed by atoms with Crippen molar-refractivity contribution in [3.8, 4) is 12.3 Å². The van der Waals surface area contributed by atoms with Crippen LogP contribution in [0.25, 0.3) is 0 Å². The molecule has 0 fully saturated rings. The molecule has 0 saturated carbocycles. The van der Waals surface area contributed by atoms with Gasteiger partial charge < -0.3 is 5.32 Å². The molecular formula is C13H13BrFNO. The Morgan fingerprint density at radius 2 is 2.24 bits per heavy atom. The molecule has 4 heteroatoms. The lowest BCUT2D eigenvalue weighted by Gasteiger charge is -2.06. The zero-order chi connectivity index (χ0) is 12.7. The number of benzene rings is 1. The van der Waals surface area contributed by atoms with E-state index in [4.69, 9.17) is 6.42 Å². The van der Waals surface area contributed by atoms with Gasteiger partial charge in [-0.2, -0.15) is 0 Å². The van der Waals surface area contributed by atoms with Gasteiger partial charge in [0.05, 0.1) is 5.56 Å². The van der Waals surface area contributed by atoms with Crippen molar-refractivity contribution in [1.29, 1.82) is 0 Å². The summed E-state index contributed by atoms with van der Waals surface area (Å²) in [5.74, 6) is 1.96. The molecule has 90 valence electrons. The average molecular weight is 298 g/mol. The monoisotopic (exact) mass is 297 g/mol. The predicted molar refractivity (Wildman–Crippen MR) is 69.1 cm³/mol. The summed E-state index contributed by atoms with van der Waals surface area (Å²) in [6, 6.07) is 3.99. The second-order valence-electron chi connectivity index (χ2n) is 3.54. The van der Waals surface area contributed by atoms with E-state index < -0.39 is 0 Å². The Labute approximate surface area is 109 Å². The van der Waals surface area contributed by atoms with Gasteiger partial charge in [0.15, 0.2) is 0 Å². The Morgan fingerprint density at radius 1 is 1.47 bits per heavy atom. The van der Waals surface area contributed by atoms with Crippen LogP contribution in [-0.4, -0.2) is 12.5 Å². The number of nitrogens with one attached hydrogen (secondary N) is 1. The number of hydrogen-bond donors (Lipinski definition) is 1. The normalized spacial score (nSPS) is 9.71. The second kappa shape index (κ2) is 7.08. The number of carbonyl (C=O) groups is 1. The van der Waals surface area contributed by atoms with E-state index in [0.29, 0.717) is 16.6 Å². The number of rotatable bonds is 5. The topological polar surface area (TPSA) is 29.1 Å². The van der Waals surface area contributed by atoms with Crippen molar-refractivity contribution in [2.24, 2.45) is 0 Å². The van der Waals surface area contributed by atoms with E-state index in [-0.39, 0.29) is 11.7 Å². The molecule has 0 unspecified atom stereocenters. The molecule has 0 atom stereocenters. The van der Waals surface area contributed by atoms with Crippen LogP contribution in [0.5, 0.6) is 0 Å². The zero-order valence-electron chi connectivity index (χ0n) is 9.30. The summed E-state index contributed by atoms with van der Waals surface area (Å²) in [7, 11) is 0. The van der Waals surface area contributed by atoms with Gasteiger partial charge in [-0.3, -0.25) is 4.79 Å². The molecule has 0 aliphatic carbocycles. The predicted octanol–water partition coefficient (Wildman–Crippen LogP) is 3.12. The van der Waals surface area contributed by atoms with Crippen molar-refractivity contribution in [3.05, 3.63) is 34.1 Å². The molecule has 0 heterocycles. The highest BCUT2D eigenvalue weighted by Crippen LogP contribution is 2.17. The Hall–Kier alpha value is -1.34. The minimum absolute atomic E-state index is 0.211.